The third kappa shape index (κ3) is 3.94. The van der Waals surface area contributed by atoms with E-state index in [-0.39, 0.29) is 0 Å². The predicted molar refractivity (Wildman–Crippen MR) is 107 cm³/mol. The fourth-order valence-electron chi connectivity index (χ4n) is 4.96. The van der Waals surface area contributed by atoms with Crippen LogP contribution in [0.15, 0.2) is 42.7 Å². The number of aromatic nitrogens is 2. The number of ether oxygens (including phenoxy) is 1. The summed E-state index contributed by atoms with van der Waals surface area (Å²) < 4.78 is 8.57. The molecule has 5 heteroatoms. The van der Waals surface area contributed by atoms with E-state index in [4.69, 9.17) is 16.3 Å². The van der Waals surface area contributed by atoms with Gasteiger partial charge in [-0.3, -0.25) is 9.58 Å². The van der Waals surface area contributed by atoms with Crippen LogP contribution in [0.3, 0.4) is 0 Å². The molecule has 2 saturated carbocycles. The van der Waals surface area contributed by atoms with Gasteiger partial charge in [0.15, 0.2) is 0 Å². The van der Waals surface area contributed by atoms with Crippen LogP contribution in [0, 0.1) is 17.8 Å². The largest absolute Gasteiger partial charge is 0.376 e. The lowest BCUT2D eigenvalue weighted by Crippen LogP contribution is -2.38. The third-order valence-corrected chi connectivity index (χ3v) is 6.99. The van der Waals surface area contributed by atoms with Crippen molar-refractivity contribution in [1.82, 2.24) is 14.7 Å². The van der Waals surface area contributed by atoms with Crippen LogP contribution in [0.1, 0.15) is 37.3 Å². The smallest absolute Gasteiger partial charge is 0.0802 e. The predicted octanol–water partition coefficient (Wildman–Crippen LogP) is 4.41. The molecule has 1 aromatic heterocycles. The molecule has 4 nitrogen and oxygen atoms in total. The van der Waals surface area contributed by atoms with E-state index >= 15 is 0 Å². The molecule has 0 spiro atoms. The first-order chi connectivity index (χ1) is 13.3. The summed E-state index contributed by atoms with van der Waals surface area (Å²) in [6.45, 7) is 4.20. The summed E-state index contributed by atoms with van der Waals surface area (Å²) in [4.78, 5) is 2.58. The summed E-state index contributed by atoms with van der Waals surface area (Å²) >= 11 is 6.39. The number of halogens is 1. The molecule has 5 rings (SSSR count). The molecule has 144 valence electrons. The molecule has 0 N–H and O–H groups in total. The van der Waals surface area contributed by atoms with Crippen LogP contribution in [0.5, 0.6) is 0 Å². The quantitative estimate of drug-likeness (QED) is 0.737. The van der Waals surface area contributed by atoms with Crippen LogP contribution in [-0.4, -0.2) is 40.5 Å². The molecule has 2 heterocycles. The van der Waals surface area contributed by atoms with Gasteiger partial charge in [-0.05, 0) is 61.1 Å². The maximum Gasteiger partial charge on any atom is 0.0802 e. The first kappa shape index (κ1) is 17.7. The lowest BCUT2D eigenvalue weighted by Gasteiger charge is -2.38. The molecule has 2 aromatic rings. The topological polar surface area (TPSA) is 30.3 Å². The Labute approximate surface area is 166 Å². The number of hydrogen-bond acceptors (Lipinski definition) is 3. The van der Waals surface area contributed by atoms with Crippen molar-refractivity contribution in [3.05, 3.63) is 53.3 Å². The number of benzene rings is 1. The van der Waals surface area contributed by atoms with Crippen LogP contribution in [0.25, 0.3) is 0 Å². The summed E-state index contributed by atoms with van der Waals surface area (Å²) in [7, 11) is 0. The fourth-order valence-corrected chi connectivity index (χ4v) is 5.16. The monoisotopic (exact) mass is 385 g/mol. The van der Waals surface area contributed by atoms with Gasteiger partial charge in [-0.15, -0.1) is 0 Å². The first-order valence-electron chi connectivity index (χ1n) is 10.3. The van der Waals surface area contributed by atoms with E-state index in [9.17, 15) is 0 Å². The van der Waals surface area contributed by atoms with Crippen LogP contribution >= 0.6 is 11.6 Å². The molecule has 0 amide bonds. The summed E-state index contributed by atoms with van der Waals surface area (Å²) in [5.41, 5.74) is 1.24. The molecule has 1 aliphatic heterocycles. The maximum atomic E-state index is 6.42. The van der Waals surface area contributed by atoms with E-state index in [1.54, 1.807) is 0 Å². The summed E-state index contributed by atoms with van der Waals surface area (Å²) in [6, 6.07) is 10.6. The van der Waals surface area contributed by atoms with Crippen molar-refractivity contribution in [1.29, 1.82) is 0 Å². The van der Waals surface area contributed by atoms with Crippen molar-refractivity contribution in [2.45, 2.75) is 44.4 Å². The molecular weight excluding hydrogens is 358 g/mol. The minimum Gasteiger partial charge on any atom is -0.376 e. The third-order valence-electron chi connectivity index (χ3n) is 6.62. The van der Waals surface area contributed by atoms with Gasteiger partial charge in [-0.25, -0.2) is 0 Å². The van der Waals surface area contributed by atoms with Crippen molar-refractivity contribution < 1.29 is 4.74 Å². The standard InChI is InChI=1S/C22H28ClN3O/c23-20-5-2-1-4-17(20)12-25-13-18-10-21(26-9-3-8-24-26)22(11-19(18)14-25)27-15-16-6-7-16/h1-5,8-9,16,18-19,21-22H,6-7,10-15H2/t18-,19+,21-,22-/m0/s1. The molecule has 1 saturated heterocycles. The Kier molecular flexibility index (Phi) is 4.97. The zero-order valence-electron chi connectivity index (χ0n) is 15.7. The normalized spacial score (nSPS) is 31.1. The Hall–Kier alpha value is -1.36. The van der Waals surface area contributed by atoms with Crippen molar-refractivity contribution in [3.8, 4) is 0 Å². The van der Waals surface area contributed by atoms with Gasteiger partial charge >= 0.3 is 0 Å². The highest BCUT2D eigenvalue weighted by molar-refractivity contribution is 6.31. The van der Waals surface area contributed by atoms with Crippen molar-refractivity contribution in [2.24, 2.45) is 17.8 Å². The van der Waals surface area contributed by atoms with Crippen molar-refractivity contribution in [3.63, 3.8) is 0 Å². The lowest BCUT2D eigenvalue weighted by molar-refractivity contribution is -0.0371. The zero-order chi connectivity index (χ0) is 18.2. The Bertz CT molecular complexity index is 761. The Morgan fingerprint density at radius 1 is 1.07 bits per heavy atom. The van der Waals surface area contributed by atoms with Gasteiger partial charge in [-0.2, -0.15) is 5.10 Å². The van der Waals surface area contributed by atoms with Crippen LogP contribution < -0.4 is 0 Å². The number of nitrogens with zero attached hydrogens (tertiary/aromatic N) is 3. The van der Waals surface area contributed by atoms with Crippen molar-refractivity contribution >= 4 is 11.6 Å². The molecular formula is C22H28ClN3O. The van der Waals surface area contributed by atoms with Gasteiger partial charge in [0, 0.05) is 43.7 Å². The molecule has 3 aliphatic rings. The van der Waals surface area contributed by atoms with E-state index in [0.717, 1.165) is 55.4 Å². The summed E-state index contributed by atoms with van der Waals surface area (Å²) in [5, 5.41) is 5.43. The average molecular weight is 386 g/mol. The van der Waals surface area contributed by atoms with Gasteiger partial charge in [0.2, 0.25) is 0 Å². The molecule has 3 fully saturated rings. The Balaban J connectivity index is 1.28. The van der Waals surface area contributed by atoms with Crippen molar-refractivity contribution in [2.75, 3.05) is 19.7 Å². The molecule has 27 heavy (non-hydrogen) atoms. The van der Waals surface area contributed by atoms with Gasteiger partial charge in [0.1, 0.15) is 0 Å². The van der Waals surface area contributed by atoms with E-state index in [2.05, 4.69) is 33.0 Å². The van der Waals surface area contributed by atoms with Gasteiger partial charge in [0.25, 0.3) is 0 Å². The Morgan fingerprint density at radius 2 is 1.89 bits per heavy atom. The molecule has 1 aromatic carbocycles. The van der Waals surface area contributed by atoms with E-state index in [1.165, 1.54) is 24.8 Å². The molecule has 4 atom stereocenters. The summed E-state index contributed by atoms with van der Waals surface area (Å²) in [5.74, 6) is 2.26. The summed E-state index contributed by atoms with van der Waals surface area (Å²) in [6.07, 6.45) is 9.30. The maximum absolute atomic E-state index is 6.42. The van der Waals surface area contributed by atoms with Crippen LogP contribution in [0.2, 0.25) is 5.02 Å². The molecule has 0 bridgehead atoms. The van der Waals surface area contributed by atoms with Crippen LogP contribution in [-0.2, 0) is 11.3 Å². The Morgan fingerprint density at radius 3 is 2.63 bits per heavy atom. The number of fused-ring (bicyclic) bond motifs is 1. The lowest BCUT2D eigenvalue weighted by atomic mass is 9.77. The van der Waals surface area contributed by atoms with Gasteiger partial charge in [0.05, 0.1) is 12.1 Å². The van der Waals surface area contributed by atoms with Gasteiger partial charge in [-0.1, -0.05) is 29.8 Å². The second-order valence-electron chi connectivity index (χ2n) is 8.65. The number of likely N-dealkylation sites (tertiary alicyclic amines) is 1. The van der Waals surface area contributed by atoms with E-state index < -0.39 is 0 Å². The van der Waals surface area contributed by atoms with E-state index in [0.29, 0.717) is 12.1 Å². The zero-order valence-corrected chi connectivity index (χ0v) is 16.5. The molecule has 2 aliphatic carbocycles. The second-order valence-corrected chi connectivity index (χ2v) is 9.05. The fraction of sp³-hybridized carbons (Fsp3) is 0.591. The number of hydrogen-bond donors (Lipinski definition) is 0. The van der Waals surface area contributed by atoms with E-state index in [1.807, 2.05) is 24.4 Å². The highest BCUT2D eigenvalue weighted by atomic mass is 35.5. The highest BCUT2D eigenvalue weighted by Gasteiger charge is 2.44. The average Bonchev–Trinajstić information content (AvgIpc) is 3.18. The minimum absolute atomic E-state index is 0.298. The molecule has 0 unspecified atom stereocenters. The SMILES string of the molecule is Clc1ccccc1CN1C[C@H]2C[C@H](OCC3CC3)[C@@H](n3cccn3)C[C@H]2C1. The van der Waals surface area contributed by atoms with Gasteiger partial charge < -0.3 is 4.74 Å². The highest BCUT2D eigenvalue weighted by Crippen LogP contribution is 2.43. The van der Waals surface area contributed by atoms with Crippen LogP contribution in [0.4, 0.5) is 0 Å². The molecule has 0 radical (unpaired) electrons. The minimum atomic E-state index is 0.298. The second kappa shape index (κ2) is 7.57. The first-order valence-corrected chi connectivity index (χ1v) is 10.7. The number of rotatable bonds is 6.